The first-order valence-electron chi connectivity index (χ1n) is 4.18. The summed E-state index contributed by atoms with van der Waals surface area (Å²) in [7, 11) is 1.59. The highest BCUT2D eigenvalue weighted by atomic mass is 35.5. The Bertz CT molecular complexity index is 339. The molecule has 1 aromatic carbocycles. The monoisotopic (exact) mass is 213 g/mol. The number of amides is 1. The van der Waals surface area contributed by atoms with E-state index in [9.17, 15) is 4.79 Å². The van der Waals surface area contributed by atoms with Crippen LogP contribution in [-0.4, -0.2) is 13.0 Å². The van der Waals surface area contributed by atoms with Gasteiger partial charge in [0.05, 0.1) is 13.0 Å². The number of hydrogen-bond donors (Lipinski definition) is 1. The van der Waals surface area contributed by atoms with E-state index >= 15 is 0 Å². The minimum absolute atomic E-state index is 0.101. The van der Waals surface area contributed by atoms with E-state index in [-0.39, 0.29) is 5.91 Å². The predicted molar refractivity (Wildman–Crippen MR) is 56.9 cm³/mol. The number of alkyl halides is 1. The zero-order valence-electron chi connectivity index (χ0n) is 8.13. The summed E-state index contributed by atoms with van der Waals surface area (Å²) in [5, 5.41) is 2.68. The number of hydrogen-bond acceptors (Lipinski definition) is 2. The van der Waals surface area contributed by atoms with Gasteiger partial charge in [-0.1, -0.05) is 0 Å². The van der Waals surface area contributed by atoms with E-state index < -0.39 is 0 Å². The van der Waals surface area contributed by atoms with Crippen molar-refractivity contribution in [2.45, 2.75) is 12.8 Å². The molecule has 0 heterocycles. The molecule has 0 aliphatic heterocycles. The van der Waals surface area contributed by atoms with E-state index in [0.29, 0.717) is 5.88 Å². The van der Waals surface area contributed by atoms with Crippen LogP contribution in [0, 0.1) is 0 Å². The maximum atomic E-state index is 10.8. The van der Waals surface area contributed by atoms with Crippen molar-refractivity contribution in [2.75, 3.05) is 12.4 Å². The molecule has 1 N–H and O–H groups in total. The van der Waals surface area contributed by atoms with E-state index in [1.807, 2.05) is 0 Å². The average molecular weight is 214 g/mol. The zero-order chi connectivity index (χ0) is 10.6. The smallest absolute Gasteiger partial charge is 0.221 e. The van der Waals surface area contributed by atoms with Crippen molar-refractivity contribution in [3.8, 4) is 5.75 Å². The van der Waals surface area contributed by atoms with Gasteiger partial charge in [-0.2, -0.15) is 0 Å². The molecule has 0 radical (unpaired) electrons. The molecule has 0 fully saturated rings. The number of carbonyl (C=O) groups excluding carboxylic acids is 1. The molecule has 0 aliphatic rings. The number of methoxy groups -OCH3 is 1. The van der Waals surface area contributed by atoms with E-state index in [0.717, 1.165) is 17.0 Å². The van der Waals surface area contributed by atoms with Crippen LogP contribution < -0.4 is 10.1 Å². The van der Waals surface area contributed by atoms with E-state index in [1.165, 1.54) is 6.92 Å². The first-order valence-corrected chi connectivity index (χ1v) is 4.71. The Labute approximate surface area is 88.0 Å². The summed E-state index contributed by atoms with van der Waals surface area (Å²) in [6, 6.07) is 5.35. The molecule has 1 rings (SSSR count). The van der Waals surface area contributed by atoms with Crippen molar-refractivity contribution in [2.24, 2.45) is 0 Å². The van der Waals surface area contributed by atoms with Gasteiger partial charge in [0, 0.05) is 18.2 Å². The highest BCUT2D eigenvalue weighted by Gasteiger charge is 2.03. The first kappa shape index (κ1) is 10.9. The summed E-state index contributed by atoms with van der Waals surface area (Å²) in [6.45, 7) is 1.46. The maximum Gasteiger partial charge on any atom is 0.221 e. The summed E-state index contributed by atoms with van der Waals surface area (Å²) in [6.07, 6.45) is 0. The molecule has 0 saturated heterocycles. The lowest BCUT2D eigenvalue weighted by molar-refractivity contribution is -0.114. The quantitative estimate of drug-likeness (QED) is 0.783. The molecule has 0 bridgehead atoms. The SMILES string of the molecule is COc1ccc(NC(C)=O)cc1CCl. The highest BCUT2D eigenvalue weighted by Crippen LogP contribution is 2.23. The van der Waals surface area contributed by atoms with Gasteiger partial charge in [0.25, 0.3) is 0 Å². The fourth-order valence-electron chi connectivity index (χ4n) is 1.16. The molecule has 0 atom stereocenters. The average Bonchev–Trinajstić information content (AvgIpc) is 2.16. The second-order valence-corrected chi connectivity index (χ2v) is 3.11. The minimum Gasteiger partial charge on any atom is -0.496 e. The van der Waals surface area contributed by atoms with Crippen LogP contribution in [0.1, 0.15) is 12.5 Å². The van der Waals surface area contributed by atoms with Crippen LogP contribution in [0.25, 0.3) is 0 Å². The van der Waals surface area contributed by atoms with Crippen molar-refractivity contribution in [3.05, 3.63) is 23.8 Å². The molecule has 4 heteroatoms. The number of halogens is 1. The lowest BCUT2D eigenvalue weighted by atomic mass is 10.2. The number of nitrogens with one attached hydrogen (secondary N) is 1. The molecule has 1 amide bonds. The lowest BCUT2D eigenvalue weighted by Gasteiger charge is -2.08. The summed E-state index contributed by atoms with van der Waals surface area (Å²) < 4.78 is 5.10. The molecule has 1 aromatic rings. The third kappa shape index (κ3) is 2.64. The molecular weight excluding hydrogens is 202 g/mol. The predicted octanol–water partition coefficient (Wildman–Crippen LogP) is 2.39. The van der Waals surface area contributed by atoms with Crippen LogP contribution in [0.2, 0.25) is 0 Å². The summed E-state index contributed by atoms with van der Waals surface area (Å²) >= 11 is 5.73. The van der Waals surface area contributed by atoms with Gasteiger partial charge in [-0.25, -0.2) is 0 Å². The van der Waals surface area contributed by atoms with E-state index in [4.69, 9.17) is 16.3 Å². The fraction of sp³-hybridized carbons (Fsp3) is 0.300. The molecule has 3 nitrogen and oxygen atoms in total. The van der Waals surface area contributed by atoms with E-state index in [2.05, 4.69) is 5.32 Å². The number of anilines is 1. The Morgan fingerprint density at radius 3 is 2.79 bits per heavy atom. The Hall–Kier alpha value is -1.22. The molecule has 0 spiro atoms. The largest absolute Gasteiger partial charge is 0.496 e. The zero-order valence-corrected chi connectivity index (χ0v) is 8.89. The van der Waals surface area contributed by atoms with Crippen LogP contribution in [0.3, 0.4) is 0 Å². The van der Waals surface area contributed by atoms with Crippen LogP contribution in [0.4, 0.5) is 5.69 Å². The Morgan fingerprint density at radius 1 is 1.57 bits per heavy atom. The third-order valence-corrected chi connectivity index (χ3v) is 2.03. The molecule has 0 aliphatic carbocycles. The Balaban J connectivity index is 2.95. The van der Waals surface area contributed by atoms with Crippen LogP contribution in [0.15, 0.2) is 18.2 Å². The summed E-state index contributed by atoms with van der Waals surface area (Å²) in [5.74, 6) is 0.987. The van der Waals surface area contributed by atoms with Crippen molar-refractivity contribution in [1.29, 1.82) is 0 Å². The topological polar surface area (TPSA) is 38.3 Å². The second kappa shape index (κ2) is 4.86. The summed E-state index contributed by atoms with van der Waals surface area (Å²) in [4.78, 5) is 10.8. The number of benzene rings is 1. The second-order valence-electron chi connectivity index (χ2n) is 2.84. The summed E-state index contributed by atoms with van der Waals surface area (Å²) in [5.41, 5.74) is 1.59. The van der Waals surface area contributed by atoms with Crippen LogP contribution >= 0.6 is 11.6 Å². The van der Waals surface area contributed by atoms with E-state index in [1.54, 1.807) is 25.3 Å². The first-order chi connectivity index (χ1) is 6.67. The van der Waals surface area contributed by atoms with Crippen molar-refractivity contribution in [1.82, 2.24) is 0 Å². The van der Waals surface area contributed by atoms with Crippen LogP contribution in [0.5, 0.6) is 5.75 Å². The van der Waals surface area contributed by atoms with Crippen molar-refractivity contribution < 1.29 is 9.53 Å². The van der Waals surface area contributed by atoms with Crippen molar-refractivity contribution in [3.63, 3.8) is 0 Å². The van der Waals surface area contributed by atoms with Gasteiger partial charge in [0.15, 0.2) is 0 Å². The van der Waals surface area contributed by atoms with Crippen LogP contribution in [-0.2, 0) is 10.7 Å². The van der Waals surface area contributed by atoms with Gasteiger partial charge in [0.2, 0.25) is 5.91 Å². The number of ether oxygens (including phenoxy) is 1. The Morgan fingerprint density at radius 2 is 2.29 bits per heavy atom. The maximum absolute atomic E-state index is 10.8. The van der Waals surface area contributed by atoms with Gasteiger partial charge < -0.3 is 10.1 Å². The molecule has 0 aromatic heterocycles. The normalized spacial score (nSPS) is 9.64. The Kier molecular flexibility index (Phi) is 3.77. The van der Waals surface area contributed by atoms with Gasteiger partial charge in [-0.3, -0.25) is 4.79 Å². The number of rotatable bonds is 3. The molecule has 0 saturated carbocycles. The standard InChI is InChI=1S/C10H12ClNO2/c1-7(13)12-9-3-4-10(14-2)8(5-9)6-11/h3-5H,6H2,1-2H3,(H,12,13). The molecular formula is C10H12ClNO2. The third-order valence-electron chi connectivity index (χ3n) is 1.74. The molecule has 14 heavy (non-hydrogen) atoms. The van der Waals surface area contributed by atoms with Gasteiger partial charge in [-0.05, 0) is 18.2 Å². The lowest BCUT2D eigenvalue weighted by Crippen LogP contribution is -2.06. The molecule has 0 unspecified atom stereocenters. The highest BCUT2D eigenvalue weighted by molar-refractivity contribution is 6.17. The van der Waals surface area contributed by atoms with Gasteiger partial charge >= 0.3 is 0 Å². The van der Waals surface area contributed by atoms with Gasteiger partial charge in [-0.15, -0.1) is 11.6 Å². The van der Waals surface area contributed by atoms with Gasteiger partial charge in [0.1, 0.15) is 5.75 Å². The molecule has 76 valence electrons. The number of carbonyl (C=O) groups is 1. The minimum atomic E-state index is -0.101. The fourth-order valence-corrected chi connectivity index (χ4v) is 1.37. The van der Waals surface area contributed by atoms with Crippen molar-refractivity contribution >= 4 is 23.2 Å².